The molecule has 0 aliphatic rings. The van der Waals surface area contributed by atoms with E-state index in [0.29, 0.717) is 6.07 Å². The number of rotatable bonds is 7. The third-order valence-corrected chi connectivity index (χ3v) is 5.37. The Hall–Kier alpha value is -2.36. The van der Waals surface area contributed by atoms with Gasteiger partial charge < -0.3 is 9.84 Å². The molecule has 0 saturated heterocycles. The minimum atomic E-state index is -5.34. The first-order chi connectivity index (χ1) is 14.9. The molecule has 0 spiro atoms. The maximum Gasteiger partial charge on any atom is 0.417 e. The van der Waals surface area contributed by atoms with Crippen LogP contribution in [0.1, 0.15) is 49.4 Å². The van der Waals surface area contributed by atoms with Gasteiger partial charge in [-0.1, -0.05) is 13.8 Å². The summed E-state index contributed by atoms with van der Waals surface area (Å²) in [7, 11) is 0. The van der Waals surface area contributed by atoms with Crippen molar-refractivity contribution in [3.8, 4) is 5.75 Å². The molecule has 2 rings (SSSR count). The standard InChI is InChI=1S/C23H24F8O2/c1-5-33-18-7-6-16(24)10-17(18)20(3,4)12-21(32,23(29,30)31)11-14-9-15(22(26,27)28)8-13(2)19(14)25/h6-10,32H,5,11-12H2,1-4H3. The second-order valence-electron chi connectivity index (χ2n) is 8.60. The Morgan fingerprint density at radius 1 is 0.939 bits per heavy atom. The molecule has 0 radical (unpaired) electrons. The van der Waals surface area contributed by atoms with Gasteiger partial charge in [-0.25, -0.2) is 8.78 Å². The van der Waals surface area contributed by atoms with Crippen molar-refractivity contribution in [2.75, 3.05) is 6.61 Å². The second-order valence-corrected chi connectivity index (χ2v) is 8.60. The summed E-state index contributed by atoms with van der Waals surface area (Å²) in [6.07, 6.45) is -12.8. The van der Waals surface area contributed by atoms with Gasteiger partial charge in [0.2, 0.25) is 0 Å². The minimum absolute atomic E-state index is 0.0210. The van der Waals surface area contributed by atoms with Crippen LogP contribution >= 0.6 is 0 Å². The molecule has 184 valence electrons. The minimum Gasteiger partial charge on any atom is -0.494 e. The van der Waals surface area contributed by atoms with Gasteiger partial charge in [0, 0.05) is 12.0 Å². The second kappa shape index (κ2) is 9.12. The number of aryl methyl sites for hydroxylation is 1. The molecular formula is C23H24F8O2. The van der Waals surface area contributed by atoms with Crippen LogP contribution in [0.5, 0.6) is 5.75 Å². The number of benzene rings is 2. The molecule has 0 saturated carbocycles. The number of ether oxygens (including phenoxy) is 1. The van der Waals surface area contributed by atoms with Crippen molar-refractivity contribution in [1.29, 1.82) is 0 Å². The zero-order valence-electron chi connectivity index (χ0n) is 18.4. The monoisotopic (exact) mass is 484 g/mol. The molecule has 0 aliphatic carbocycles. The van der Waals surface area contributed by atoms with Crippen LogP contribution in [0.2, 0.25) is 0 Å². The van der Waals surface area contributed by atoms with Gasteiger partial charge in [0.1, 0.15) is 17.4 Å². The van der Waals surface area contributed by atoms with E-state index in [1.165, 1.54) is 19.9 Å². The average molecular weight is 484 g/mol. The summed E-state index contributed by atoms with van der Waals surface area (Å²) in [6, 6.07) is 4.01. The number of halogens is 8. The zero-order chi connectivity index (χ0) is 25.4. The molecule has 2 aromatic carbocycles. The molecule has 0 heterocycles. The van der Waals surface area contributed by atoms with Crippen molar-refractivity contribution in [2.24, 2.45) is 0 Å². The van der Waals surface area contributed by atoms with Crippen LogP contribution in [0.3, 0.4) is 0 Å². The molecule has 2 nitrogen and oxygen atoms in total. The van der Waals surface area contributed by atoms with E-state index in [1.807, 2.05) is 0 Å². The van der Waals surface area contributed by atoms with E-state index in [-0.39, 0.29) is 24.0 Å². The van der Waals surface area contributed by atoms with E-state index in [2.05, 4.69) is 0 Å². The van der Waals surface area contributed by atoms with E-state index < -0.39 is 64.5 Å². The Morgan fingerprint density at radius 2 is 1.55 bits per heavy atom. The molecule has 33 heavy (non-hydrogen) atoms. The van der Waals surface area contributed by atoms with Crippen molar-refractivity contribution in [3.05, 3.63) is 64.2 Å². The summed E-state index contributed by atoms with van der Waals surface area (Å²) in [5.74, 6) is -1.93. The Morgan fingerprint density at radius 3 is 2.06 bits per heavy atom. The smallest absolute Gasteiger partial charge is 0.417 e. The summed E-state index contributed by atoms with van der Waals surface area (Å²) in [4.78, 5) is 0. The van der Waals surface area contributed by atoms with E-state index in [0.717, 1.165) is 19.1 Å². The predicted octanol–water partition coefficient (Wildman–Crippen LogP) is 6.89. The summed E-state index contributed by atoms with van der Waals surface area (Å²) in [6.45, 7) is 5.34. The molecule has 0 fully saturated rings. The van der Waals surface area contributed by atoms with Crippen molar-refractivity contribution < 1.29 is 45.0 Å². The van der Waals surface area contributed by atoms with Crippen LogP contribution in [0.4, 0.5) is 35.1 Å². The summed E-state index contributed by atoms with van der Waals surface area (Å²) in [5, 5.41) is 10.7. The van der Waals surface area contributed by atoms with Crippen molar-refractivity contribution >= 4 is 0 Å². The van der Waals surface area contributed by atoms with Crippen LogP contribution < -0.4 is 4.74 Å². The fourth-order valence-corrected chi connectivity index (χ4v) is 3.85. The number of alkyl halides is 6. The highest BCUT2D eigenvalue weighted by molar-refractivity contribution is 5.40. The lowest BCUT2D eigenvalue weighted by Crippen LogP contribution is -2.51. The van der Waals surface area contributed by atoms with Gasteiger partial charge >= 0.3 is 12.4 Å². The lowest BCUT2D eigenvalue weighted by Gasteiger charge is -2.38. The van der Waals surface area contributed by atoms with Gasteiger partial charge in [0.25, 0.3) is 0 Å². The van der Waals surface area contributed by atoms with Gasteiger partial charge in [-0.3, -0.25) is 0 Å². The fourth-order valence-electron chi connectivity index (χ4n) is 3.85. The molecule has 0 aromatic heterocycles. The van der Waals surface area contributed by atoms with E-state index in [4.69, 9.17) is 4.74 Å². The van der Waals surface area contributed by atoms with Crippen LogP contribution in [-0.4, -0.2) is 23.5 Å². The summed E-state index contributed by atoms with van der Waals surface area (Å²) < 4.78 is 115. The third-order valence-electron chi connectivity index (χ3n) is 5.37. The van der Waals surface area contributed by atoms with Gasteiger partial charge in [0.15, 0.2) is 5.60 Å². The van der Waals surface area contributed by atoms with Crippen LogP contribution in [0.25, 0.3) is 0 Å². The lowest BCUT2D eigenvalue weighted by molar-refractivity contribution is -0.266. The van der Waals surface area contributed by atoms with E-state index >= 15 is 0 Å². The van der Waals surface area contributed by atoms with Crippen molar-refractivity contribution in [3.63, 3.8) is 0 Å². The van der Waals surface area contributed by atoms with Crippen molar-refractivity contribution in [1.82, 2.24) is 0 Å². The number of hydrogen-bond donors (Lipinski definition) is 1. The Balaban J connectivity index is 2.58. The molecule has 0 bridgehead atoms. The Bertz CT molecular complexity index is 995. The SMILES string of the molecule is CCOc1ccc(F)cc1C(C)(C)CC(O)(Cc1cc(C(F)(F)F)cc(C)c1F)C(F)(F)F. The summed E-state index contributed by atoms with van der Waals surface area (Å²) in [5.41, 5.74) is -7.93. The number of hydrogen-bond acceptors (Lipinski definition) is 2. The molecule has 2 aromatic rings. The third kappa shape index (κ3) is 5.96. The van der Waals surface area contributed by atoms with E-state index in [9.17, 15) is 40.2 Å². The quantitative estimate of drug-likeness (QED) is 0.434. The van der Waals surface area contributed by atoms with Crippen LogP contribution in [0, 0.1) is 18.6 Å². The highest BCUT2D eigenvalue weighted by Crippen LogP contribution is 2.46. The largest absolute Gasteiger partial charge is 0.494 e. The maximum absolute atomic E-state index is 14.5. The first-order valence-corrected chi connectivity index (χ1v) is 9.99. The molecule has 1 unspecified atom stereocenters. The van der Waals surface area contributed by atoms with Gasteiger partial charge in [0.05, 0.1) is 12.2 Å². The Kier molecular flexibility index (Phi) is 7.43. The van der Waals surface area contributed by atoms with Crippen LogP contribution in [-0.2, 0) is 18.0 Å². The van der Waals surface area contributed by atoms with Gasteiger partial charge in [-0.2, -0.15) is 26.3 Å². The lowest BCUT2D eigenvalue weighted by atomic mass is 9.72. The maximum atomic E-state index is 14.5. The summed E-state index contributed by atoms with van der Waals surface area (Å²) >= 11 is 0. The fraction of sp³-hybridized carbons (Fsp3) is 0.478. The van der Waals surface area contributed by atoms with Crippen molar-refractivity contribution in [2.45, 2.75) is 63.9 Å². The predicted molar refractivity (Wildman–Crippen MR) is 106 cm³/mol. The molecule has 10 heteroatoms. The highest BCUT2D eigenvalue weighted by Gasteiger charge is 2.56. The highest BCUT2D eigenvalue weighted by atomic mass is 19.4. The first-order valence-electron chi connectivity index (χ1n) is 9.99. The van der Waals surface area contributed by atoms with Gasteiger partial charge in [-0.05, 0) is 67.1 Å². The molecular weight excluding hydrogens is 460 g/mol. The molecule has 0 amide bonds. The molecule has 1 atom stereocenters. The molecule has 1 N–H and O–H groups in total. The zero-order valence-corrected chi connectivity index (χ0v) is 18.4. The Labute approximate surface area is 186 Å². The van der Waals surface area contributed by atoms with E-state index in [1.54, 1.807) is 6.92 Å². The topological polar surface area (TPSA) is 29.5 Å². The van der Waals surface area contributed by atoms with Gasteiger partial charge in [-0.15, -0.1) is 0 Å². The van der Waals surface area contributed by atoms with Crippen LogP contribution in [0.15, 0.2) is 30.3 Å². The number of aliphatic hydroxyl groups is 1. The first kappa shape index (κ1) is 26.9. The molecule has 0 aliphatic heterocycles. The average Bonchev–Trinajstić information content (AvgIpc) is 2.64. The normalized spacial score (nSPS) is 14.8.